The number of aromatic amines is 1. The molecule has 1 rings (SSSR count). The summed E-state index contributed by atoms with van der Waals surface area (Å²) in [6.07, 6.45) is 1.22. The normalized spacial score (nSPS) is 9.40. The number of halogens is 1. The lowest BCUT2D eigenvalue weighted by atomic mass is 10.4. The Labute approximate surface area is 56.5 Å². The molecule has 0 amide bonds. The van der Waals surface area contributed by atoms with Gasteiger partial charge in [-0.1, -0.05) is 0 Å². The summed E-state index contributed by atoms with van der Waals surface area (Å²) in [5, 5.41) is 0. The average molecular weight is 143 g/mol. The van der Waals surface area contributed by atoms with Crippen molar-refractivity contribution in [3.8, 4) is 5.75 Å². The van der Waals surface area contributed by atoms with Crippen molar-refractivity contribution < 1.29 is 9.13 Å². The summed E-state index contributed by atoms with van der Waals surface area (Å²) in [6.45, 7) is 0. The molecule has 1 aromatic rings. The molecular weight excluding hydrogens is 137 g/mol. The van der Waals surface area contributed by atoms with E-state index in [4.69, 9.17) is 0 Å². The fourth-order valence-electron chi connectivity index (χ4n) is 0.630. The van der Waals surface area contributed by atoms with Crippen LogP contribution in [0.2, 0.25) is 0 Å². The van der Waals surface area contributed by atoms with Gasteiger partial charge in [-0.3, -0.25) is 4.79 Å². The molecule has 0 aliphatic rings. The van der Waals surface area contributed by atoms with E-state index in [-0.39, 0.29) is 5.75 Å². The van der Waals surface area contributed by atoms with Crippen molar-refractivity contribution in [3.63, 3.8) is 0 Å². The van der Waals surface area contributed by atoms with Crippen LogP contribution in [-0.2, 0) is 0 Å². The summed E-state index contributed by atoms with van der Waals surface area (Å²) in [7, 11) is 1.24. The van der Waals surface area contributed by atoms with E-state index >= 15 is 0 Å². The van der Waals surface area contributed by atoms with Gasteiger partial charge in [0.1, 0.15) is 0 Å². The average Bonchev–Trinajstić information content (AvgIpc) is 1.88. The predicted molar refractivity (Wildman–Crippen MR) is 33.6 cm³/mol. The number of hydrogen-bond acceptors (Lipinski definition) is 2. The van der Waals surface area contributed by atoms with E-state index in [0.29, 0.717) is 0 Å². The van der Waals surface area contributed by atoms with Crippen LogP contribution in [0.1, 0.15) is 0 Å². The molecule has 10 heavy (non-hydrogen) atoms. The summed E-state index contributed by atoms with van der Waals surface area (Å²) in [5.41, 5.74) is -0.459. The second-order valence-electron chi connectivity index (χ2n) is 1.69. The van der Waals surface area contributed by atoms with Gasteiger partial charge >= 0.3 is 0 Å². The molecule has 0 fully saturated rings. The van der Waals surface area contributed by atoms with E-state index in [1.807, 2.05) is 0 Å². The van der Waals surface area contributed by atoms with Gasteiger partial charge in [-0.2, -0.15) is 4.39 Å². The monoisotopic (exact) mass is 143 g/mol. The Hall–Kier alpha value is -1.32. The Bertz CT molecular complexity index is 281. The van der Waals surface area contributed by atoms with Crippen LogP contribution in [0.25, 0.3) is 0 Å². The van der Waals surface area contributed by atoms with Crippen LogP contribution in [0, 0.1) is 5.95 Å². The Kier molecular flexibility index (Phi) is 1.71. The van der Waals surface area contributed by atoms with Crippen molar-refractivity contribution in [2.45, 2.75) is 0 Å². The summed E-state index contributed by atoms with van der Waals surface area (Å²) in [5.74, 6) is -1.02. The lowest BCUT2D eigenvalue weighted by Gasteiger charge is -1.96. The molecule has 0 atom stereocenters. The van der Waals surface area contributed by atoms with Crippen molar-refractivity contribution in [1.29, 1.82) is 0 Å². The summed E-state index contributed by atoms with van der Waals surface area (Å²) >= 11 is 0. The van der Waals surface area contributed by atoms with Gasteiger partial charge in [0.2, 0.25) is 17.1 Å². The molecular formula is C6H6FNO2. The smallest absolute Gasteiger partial charge is 0.237 e. The van der Waals surface area contributed by atoms with E-state index in [9.17, 15) is 9.18 Å². The van der Waals surface area contributed by atoms with Gasteiger partial charge in [0.25, 0.3) is 0 Å². The van der Waals surface area contributed by atoms with Crippen LogP contribution >= 0.6 is 0 Å². The second-order valence-corrected chi connectivity index (χ2v) is 1.69. The van der Waals surface area contributed by atoms with E-state index in [2.05, 4.69) is 9.72 Å². The fourth-order valence-corrected chi connectivity index (χ4v) is 0.630. The maximum absolute atomic E-state index is 12.5. The fraction of sp³-hybridized carbons (Fsp3) is 0.167. The molecule has 4 heteroatoms. The Morgan fingerprint density at radius 1 is 1.70 bits per heavy atom. The predicted octanol–water partition coefficient (Wildman–Crippen LogP) is 0.523. The number of H-pyrrole nitrogens is 1. The van der Waals surface area contributed by atoms with Gasteiger partial charge in [0.15, 0.2) is 0 Å². The van der Waals surface area contributed by atoms with Gasteiger partial charge in [0.05, 0.1) is 7.11 Å². The van der Waals surface area contributed by atoms with Gasteiger partial charge < -0.3 is 9.72 Å². The highest BCUT2D eigenvalue weighted by Crippen LogP contribution is 2.04. The van der Waals surface area contributed by atoms with Crippen LogP contribution in [0.4, 0.5) is 4.39 Å². The topological polar surface area (TPSA) is 42.1 Å². The lowest BCUT2D eigenvalue weighted by molar-refractivity contribution is 0.373. The Balaban J connectivity index is 3.31. The van der Waals surface area contributed by atoms with Crippen molar-refractivity contribution in [3.05, 3.63) is 28.4 Å². The Morgan fingerprint density at radius 3 is 2.80 bits per heavy atom. The van der Waals surface area contributed by atoms with Gasteiger partial charge in [-0.05, 0) is 0 Å². The number of nitrogens with one attached hydrogen (secondary N) is 1. The van der Waals surface area contributed by atoms with Gasteiger partial charge in [-0.25, -0.2) is 0 Å². The van der Waals surface area contributed by atoms with Crippen molar-refractivity contribution in [1.82, 2.24) is 4.98 Å². The molecule has 0 saturated heterocycles. The van der Waals surface area contributed by atoms with Crippen molar-refractivity contribution in [2.24, 2.45) is 0 Å². The van der Waals surface area contributed by atoms with Crippen LogP contribution in [0.15, 0.2) is 17.1 Å². The Morgan fingerprint density at radius 2 is 2.40 bits per heavy atom. The molecule has 0 unspecified atom stereocenters. The number of rotatable bonds is 1. The summed E-state index contributed by atoms with van der Waals surface area (Å²) in [4.78, 5) is 12.9. The number of ether oxygens (including phenoxy) is 1. The highest BCUT2D eigenvalue weighted by atomic mass is 19.1. The van der Waals surface area contributed by atoms with Crippen LogP contribution in [-0.4, -0.2) is 12.1 Å². The highest BCUT2D eigenvalue weighted by Gasteiger charge is 2.03. The first-order valence-corrected chi connectivity index (χ1v) is 2.67. The molecule has 0 radical (unpaired) electrons. The van der Waals surface area contributed by atoms with Gasteiger partial charge in [0, 0.05) is 12.3 Å². The zero-order valence-electron chi connectivity index (χ0n) is 5.35. The molecule has 3 nitrogen and oxygen atoms in total. The molecule has 1 N–H and O–H groups in total. The third kappa shape index (κ3) is 1.00. The maximum Gasteiger partial charge on any atom is 0.237 e. The summed E-state index contributed by atoms with van der Waals surface area (Å²) in [6, 6.07) is 1.20. The van der Waals surface area contributed by atoms with E-state index in [1.165, 1.54) is 19.4 Å². The lowest BCUT2D eigenvalue weighted by Crippen LogP contribution is -2.06. The third-order valence-corrected chi connectivity index (χ3v) is 1.07. The second kappa shape index (κ2) is 2.51. The first-order valence-electron chi connectivity index (χ1n) is 2.67. The summed E-state index contributed by atoms with van der Waals surface area (Å²) < 4.78 is 16.9. The van der Waals surface area contributed by atoms with E-state index in [1.54, 1.807) is 0 Å². The van der Waals surface area contributed by atoms with Crippen LogP contribution in [0.3, 0.4) is 0 Å². The molecule has 1 aromatic heterocycles. The quantitative estimate of drug-likeness (QED) is 0.582. The molecule has 0 saturated carbocycles. The third-order valence-electron chi connectivity index (χ3n) is 1.07. The van der Waals surface area contributed by atoms with Crippen molar-refractivity contribution in [2.75, 3.05) is 7.11 Å². The van der Waals surface area contributed by atoms with E-state index < -0.39 is 11.4 Å². The first-order chi connectivity index (χ1) is 4.75. The molecule has 0 bridgehead atoms. The van der Waals surface area contributed by atoms with E-state index in [0.717, 1.165) is 0 Å². The van der Waals surface area contributed by atoms with Gasteiger partial charge in [-0.15, -0.1) is 0 Å². The molecule has 1 heterocycles. The SMILES string of the molecule is COc1c(F)[nH]ccc1=O. The number of methoxy groups -OCH3 is 1. The van der Waals surface area contributed by atoms with Crippen LogP contribution in [0.5, 0.6) is 5.75 Å². The molecule has 0 aromatic carbocycles. The molecule has 54 valence electrons. The number of hydrogen-bond donors (Lipinski definition) is 1. The number of pyridine rings is 1. The first kappa shape index (κ1) is 6.80. The minimum Gasteiger partial charge on any atom is -0.489 e. The standard InChI is InChI=1S/C6H6FNO2/c1-10-5-4(9)2-3-8-6(5)7/h2-3H,1H3,(H,8,9). The minimum atomic E-state index is -0.741. The van der Waals surface area contributed by atoms with Crippen LogP contribution < -0.4 is 10.2 Å². The number of aromatic nitrogens is 1. The van der Waals surface area contributed by atoms with Crippen molar-refractivity contribution >= 4 is 0 Å². The zero-order valence-corrected chi connectivity index (χ0v) is 5.35. The largest absolute Gasteiger partial charge is 0.489 e. The molecule has 0 aliphatic heterocycles. The molecule has 0 spiro atoms. The maximum atomic E-state index is 12.5. The zero-order chi connectivity index (χ0) is 7.56. The minimum absolute atomic E-state index is 0.275. The highest BCUT2D eigenvalue weighted by molar-refractivity contribution is 5.17. The molecule has 0 aliphatic carbocycles.